The van der Waals surface area contributed by atoms with Gasteiger partial charge in [0.2, 0.25) is 0 Å². The van der Waals surface area contributed by atoms with E-state index in [1.807, 2.05) is 0 Å². The molecule has 0 fully saturated rings. The summed E-state index contributed by atoms with van der Waals surface area (Å²) in [4.78, 5) is 48.9. The van der Waals surface area contributed by atoms with Crippen LogP contribution in [0, 0.1) is 0 Å². The summed E-state index contributed by atoms with van der Waals surface area (Å²) in [7, 11) is 0. The first-order chi connectivity index (χ1) is 13.8. The minimum Gasteiger partial charge on any atom is -0.384 e. The third-order valence-corrected chi connectivity index (χ3v) is 4.64. The Balaban J connectivity index is 1.74. The highest BCUT2D eigenvalue weighted by Crippen LogP contribution is 2.23. The van der Waals surface area contributed by atoms with Crippen LogP contribution < -0.4 is 21.9 Å². The van der Waals surface area contributed by atoms with Gasteiger partial charge >= 0.3 is 0 Å². The Morgan fingerprint density at radius 2 is 1.76 bits per heavy atom. The number of anilines is 2. The van der Waals surface area contributed by atoms with Crippen molar-refractivity contribution in [3.8, 4) is 5.69 Å². The Labute approximate surface area is 168 Å². The van der Waals surface area contributed by atoms with Gasteiger partial charge in [0, 0.05) is 22.3 Å². The zero-order chi connectivity index (χ0) is 20.7. The van der Waals surface area contributed by atoms with Crippen molar-refractivity contribution < 1.29 is 14.4 Å². The molecule has 29 heavy (non-hydrogen) atoms. The number of carbonyl (C=O) groups excluding carboxylic acids is 3. The Morgan fingerprint density at radius 3 is 2.52 bits per heavy atom. The van der Waals surface area contributed by atoms with Crippen molar-refractivity contribution in [3.05, 3.63) is 86.7 Å². The van der Waals surface area contributed by atoms with Gasteiger partial charge in [-0.1, -0.05) is 23.7 Å². The molecular weight excluding hydrogens is 396 g/mol. The van der Waals surface area contributed by atoms with Crippen molar-refractivity contribution in [2.24, 2.45) is 0 Å². The highest BCUT2D eigenvalue weighted by atomic mass is 35.5. The number of halogens is 1. The van der Waals surface area contributed by atoms with Gasteiger partial charge in [0.25, 0.3) is 23.3 Å². The van der Waals surface area contributed by atoms with Gasteiger partial charge < -0.3 is 11.1 Å². The molecule has 4 rings (SSSR count). The number of nitrogens with two attached hydrogens (primary N) is 1. The molecule has 0 spiro atoms. The van der Waals surface area contributed by atoms with Crippen molar-refractivity contribution in [3.63, 3.8) is 0 Å². The minimum atomic E-state index is -0.675. The third kappa shape index (κ3) is 3.26. The molecule has 1 aliphatic heterocycles. The van der Waals surface area contributed by atoms with Gasteiger partial charge in [0.05, 0.1) is 16.8 Å². The Kier molecular flexibility index (Phi) is 4.40. The fraction of sp³-hybridized carbons (Fsp3) is 0. The number of carbonyl (C=O) groups is 3. The maximum absolute atomic E-state index is 12.6. The van der Waals surface area contributed by atoms with Crippen LogP contribution in [-0.2, 0) is 0 Å². The SMILES string of the molecule is Nc1c2c(cc(=O)n1-c1cccc(C(=O)Nc3cccc(Cl)c3)c1)C(=O)NC2=O. The van der Waals surface area contributed by atoms with E-state index in [9.17, 15) is 19.2 Å². The molecule has 2 aromatic carbocycles. The Bertz CT molecular complexity index is 1270. The number of fused-ring (bicyclic) bond motifs is 1. The number of hydrogen-bond donors (Lipinski definition) is 3. The van der Waals surface area contributed by atoms with Crippen LogP contribution in [0.15, 0.2) is 59.4 Å². The molecule has 0 saturated heterocycles. The van der Waals surface area contributed by atoms with E-state index in [0.29, 0.717) is 10.7 Å². The van der Waals surface area contributed by atoms with Crippen molar-refractivity contribution in [1.82, 2.24) is 9.88 Å². The van der Waals surface area contributed by atoms with Crippen LogP contribution in [0.4, 0.5) is 11.5 Å². The predicted octanol–water partition coefficient (Wildman–Crippen LogP) is 2.21. The average Bonchev–Trinajstić information content (AvgIpc) is 2.95. The highest BCUT2D eigenvalue weighted by molar-refractivity contribution is 6.31. The Morgan fingerprint density at radius 1 is 1.00 bits per heavy atom. The summed E-state index contributed by atoms with van der Waals surface area (Å²) in [5, 5.41) is 5.29. The summed E-state index contributed by atoms with van der Waals surface area (Å²) in [5.41, 5.74) is 6.34. The lowest BCUT2D eigenvalue weighted by Crippen LogP contribution is -2.24. The van der Waals surface area contributed by atoms with E-state index in [1.165, 1.54) is 6.07 Å². The molecule has 3 amide bonds. The largest absolute Gasteiger partial charge is 0.384 e. The lowest BCUT2D eigenvalue weighted by molar-refractivity contribution is 0.0879. The summed E-state index contributed by atoms with van der Waals surface area (Å²) in [6.45, 7) is 0. The highest BCUT2D eigenvalue weighted by Gasteiger charge is 2.31. The van der Waals surface area contributed by atoms with Gasteiger partial charge in [-0.25, -0.2) is 0 Å². The number of nitrogen functional groups attached to an aromatic ring is 1. The maximum Gasteiger partial charge on any atom is 0.262 e. The molecule has 0 aliphatic carbocycles. The normalized spacial score (nSPS) is 12.4. The second kappa shape index (κ2) is 6.92. The van der Waals surface area contributed by atoms with Gasteiger partial charge in [-0.3, -0.25) is 29.1 Å². The predicted molar refractivity (Wildman–Crippen MR) is 108 cm³/mol. The summed E-state index contributed by atoms with van der Waals surface area (Å²) in [6, 6.07) is 13.9. The minimum absolute atomic E-state index is 0.0661. The van der Waals surface area contributed by atoms with E-state index in [4.69, 9.17) is 17.3 Å². The van der Waals surface area contributed by atoms with Gasteiger partial charge in [0.1, 0.15) is 5.82 Å². The van der Waals surface area contributed by atoms with E-state index in [0.717, 1.165) is 10.6 Å². The van der Waals surface area contributed by atoms with Crippen LogP contribution in [0.5, 0.6) is 0 Å². The lowest BCUT2D eigenvalue weighted by atomic mass is 10.1. The van der Waals surface area contributed by atoms with E-state index < -0.39 is 23.3 Å². The number of amides is 3. The van der Waals surface area contributed by atoms with Crippen LogP contribution >= 0.6 is 11.6 Å². The number of nitrogens with one attached hydrogen (secondary N) is 2. The van der Waals surface area contributed by atoms with E-state index in [-0.39, 0.29) is 28.2 Å². The maximum atomic E-state index is 12.6. The lowest BCUT2D eigenvalue weighted by Gasteiger charge is -2.13. The van der Waals surface area contributed by atoms with E-state index in [2.05, 4.69) is 10.6 Å². The smallest absolute Gasteiger partial charge is 0.262 e. The Hall–Kier alpha value is -3.91. The van der Waals surface area contributed by atoms with Gasteiger partial charge in [-0.2, -0.15) is 0 Å². The fourth-order valence-corrected chi connectivity index (χ4v) is 3.29. The standard InChI is InChI=1S/C20H13ClN4O4/c21-11-4-2-5-12(8-11)23-18(27)10-3-1-6-13(7-10)25-15(26)9-14-16(17(25)22)20(29)24-19(14)28/h1-9H,22H2,(H,23,27)(H,24,28,29). The topological polar surface area (TPSA) is 123 Å². The summed E-state index contributed by atoms with van der Waals surface area (Å²) in [6.07, 6.45) is 0. The number of hydrogen-bond acceptors (Lipinski definition) is 5. The number of rotatable bonds is 3. The molecule has 1 aliphatic rings. The third-order valence-electron chi connectivity index (χ3n) is 4.40. The van der Waals surface area contributed by atoms with Crippen molar-refractivity contribution >= 4 is 40.8 Å². The van der Waals surface area contributed by atoms with Gasteiger partial charge in [-0.05, 0) is 36.4 Å². The molecule has 8 nitrogen and oxygen atoms in total. The second-order valence-electron chi connectivity index (χ2n) is 6.29. The van der Waals surface area contributed by atoms with Crippen molar-refractivity contribution in [2.45, 2.75) is 0 Å². The molecule has 0 radical (unpaired) electrons. The molecule has 2 heterocycles. The fourth-order valence-electron chi connectivity index (χ4n) is 3.10. The molecule has 1 aromatic heterocycles. The van der Waals surface area contributed by atoms with E-state index >= 15 is 0 Å². The number of pyridine rings is 1. The summed E-state index contributed by atoms with van der Waals surface area (Å²) in [5.74, 6) is -1.94. The molecule has 0 saturated carbocycles. The van der Waals surface area contributed by atoms with Crippen molar-refractivity contribution in [1.29, 1.82) is 0 Å². The monoisotopic (exact) mass is 408 g/mol. The number of imide groups is 1. The molecule has 3 aromatic rings. The number of aromatic nitrogens is 1. The number of nitrogens with zero attached hydrogens (tertiary/aromatic N) is 1. The van der Waals surface area contributed by atoms with Crippen LogP contribution in [0.2, 0.25) is 5.02 Å². The molecule has 0 atom stereocenters. The molecule has 144 valence electrons. The first-order valence-corrected chi connectivity index (χ1v) is 8.81. The van der Waals surface area contributed by atoms with Crippen LogP contribution in [0.3, 0.4) is 0 Å². The summed E-state index contributed by atoms with van der Waals surface area (Å²) >= 11 is 5.92. The van der Waals surface area contributed by atoms with Crippen molar-refractivity contribution in [2.75, 3.05) is 11.1 Å². The van der Waals surface area contributed by atoms with E-state index in [1.54, 1.807) is 42.5 Å². The average molecular weight is 409 g/mol. The van der Waals surface area contributed by atoms with Crippen LogP contribution in [0.1, 0.15) is 31.1 Å². The molecular formula is C20H13ClN4O4. The zero-order valence-corrected chi connectivity index (χ0v) is 15.5. The number of benzene rings is 2. The first-order valence-electron chi connectivity index (χ1n) is 8.44. The molecule has 0 unspecified atom stereocenters. The molecule has 4 N–H and O–H groups in total. The van der Waals surface area contributed by atoms with Gasteiger partial charge in [0.15, 0.2) is 0 Å². The quantitative estimate of drug-likeness (QED) is 0.573. The summed E-state index contributed by atoms with van der Waals surface area (Å²) < 4.78 is 1.08. The zero-order valence-electron chi connectivity index (χ0n) is 14.7. The second-order valence-corrected chi connectivity index (χ2v) is 6.73. The molecule has 9 heteroatoms. The first kappa shape index (κ1) is 18.5. The van der Waals surface area contributed by atoms with Crippen LogP contribution in [0.25, 0.3) is 5.69 Å². The van der Waals surface area contributed by atoms with Crippen LogP contribution in [-0.4, -0.2) is 22.3 Å². The van der Waals surface area contributed by atoms with Gasteiger partial charge in [-0.15, -0.1) is 0 Å². The molecule has 0 bridgehead atoms.